The van der Waals surface area contributed by atoms with Crippen LogP contribution in [0.2, 0.25) is 0 Å². The van der Waals surface area contributed by atoms with Crippen LogP contribution >= 0.6 is 0 Å². The van der Waals surface area contributed by atoms with Crippen LogP contribution in [0.25, 0.3) is 22.0 Å². The first-order valence-corrected chi connectivity index (χ1v) is 15.9. The van der Waals surface area contributed by atoms with Gasteiger partial charge in [-0.05, 0) is 71.4 Å². The zero-order valence-corrected chi connectivity index (χ0v) is 26.2. The molecule has 0 amide bonds. The topological polar surface area (TPSA) is 53.4 Å². The van der Waals surface area contributed by atoms with Crippen LogP contribution in [0.3, 0.4) is 0 Å². The number of aliphatic hydroxyl groups excluding tert-OH is 2. The first kappa shape index (κ1) is 29.9. The maximum atomic E-state index is 11.1. The van der Waals surface area contributed by atoms with Crippen molar-refractivity contribution in [2.75, 3.05) is 0 Å². The van der Waals surface area contributed by atoms with Crippen LogP contribution in [0.1, 0.15) is 83.5 Å². The summed E-state index contributed by atoms with van der Waals surface area (Å²) in [5.41, 5.74) is 2.04. The van der Waals surface area contributed by atoms with Crippen molar-refractivity contribution < 1.29 is 30.3 Å². The van der Waals surface area contributed by atoms with Gasteiger partial charge in [0.05, 0.1) is 12.2 Å². The monoisotopic (exact) mass is 717 g/mol. The molecule has 3 nitrogen and oxygen atoms in total. The number of hydrogen-bond acceptors (Lipinski definition) is 3. The molecule has 4 fully saturated rings. The molecule has 4 saturated carbocycles. The van der Waals surface area contributed by atoms with Crippen molar-refractivity contribution in [2.24, 2.45) is 35.5 Å². The Morgan fingerprint density at radius 1 is 0.650 bits per heavy atom. The number of hydrogen-bond donors (Lipinski definition) is 2. The summed E-state index contributed by atoms with van der Waals surface area (Å²) in [6.45, 7) is 0. The third-order valence-electron chi connectivity index (χ3n) is 10.8. The van der Waals surface area contributed by atoms with E-state index in [0.29, 0.717) is 17.8 Å². The standard InChI is InChI=1S/C21H36O2.C15H10N.Ir/c22-20-17(14-7-3-1-4-8-14)12-11-16-13-18(21(23)19(16)20)15-9-5-2-6-10-15;1-2-7-13(8-3-1)15-14-9-5-4-6-12(14)10-11-16-15;/h14-23H,1-13H2;1-7,9-11H;/q;-1;/t16?,17-,18+,19?,20?,21?;;/m1../s1. The molecule has 6 atom stereocenters. The first-order valence-electron chi connectivity index (χ1n) is 15.9. The van der Waals surface area contributed by atoms with Gasteiger partial charge in [-0.2, -0.15) is 0 Å². The van der Waals surface area contributed by atoms with Crippen molar-refractivity contribution in [3.63, 3.8) is 0 Å². The average molecular weight is 717 g/mol. The van der Waals surface area contributed by atoms with E-state index in [9.17, 15) is 10.2 Å². The number of fused-ring (bicyclic) bond motifs is 2. The minimum atomic E-state index is -0.222. The fourth-order valence-corrected chi connectivity index (χ4v) is 8.85. The van der Waals surface area contributed by atoms with Crippen LogP contribution < -0.4 is 0 Å². The van der Waals surface area contributed by atoms with E-state index in [2.05, 4.69) is 23.2 Å². The Balaban J connectivity index is 0.000000167. The van der Waals surface area contributed by atoms with Gasteiger partial charge < -0.3 is 15.2 Å². The Kier molecular flexibility index (Phi) is 10.5. The van der Waals surface area contributed by atoms with E-state index in [0.717, 1.165) is 23.1 Å². The molecule has 2 aromatic carbocycles. The van der Waals surface area contributed by atoms with E-state index >= 15 is 0 Å². The molecule has 0 spiro atoms. The minimum Gasteiger partial charge on any atom is -0.392 e. The molecule has 1 aromatic heterocycles. The van der Waals surface area contributed by atoms with Gasteiger partial charge in [0.1, 0.15) is 0 Å². The van der Waals surface area contributed by atoms with Crippen LogP contribution in [-0.2, 0) is 20.1 Å². The molecule has 4 aliphatic rings. The molecule has 4 aliphatic carbocycles. The molecule has 0 bridgehead atoms. The van der Waals surface area contributed by atoms with Crippen molar-refractivity contribution in [3.05, 3.63) is 66.9 Å². The van der Waals surface area contributed by atoms with Crippen LogP contribution in [-0.4, -0.2) is 27.4 Å². The summed E-state index contributed by atoms with van der Waals surface area (Å²) in [6.07, 6.45) is 18.6. The van der Waals surface area contributed by atoms with Gasteiger partial charge >= 0.3 is 0 Å². The van der Waals surface area contributed by atoms with Crippen LogP contribution in [0, 0.1) is 41.6 Å². The number of rotatable bonds is 3. The maximum Gasteiger partial charge on any atom is 0.0626 e. The zero-order valence-electron chi connectivity index (χ0n) is 23.8. The molecule has 1 radical (unpaired) electrons. The average Bonchev–Trinajstić information content (AvgIpc) is 3.35. The molecule has 2 N–H and O–H groups in total. The van der Waals surface area contributed by atoms with Gasteiger partial charge in [-0.1, -0.05) is 88.5 Å². The molecule has 0 aliphatic heterocycles. The van der Waals surface area contributed by atoms with E-state index in [4.69, 9.17) is 0 Å². The quantitative estimate of drug-likeness (QED) is 0.269. The largest absolute Gasteiger partial charge is 0.392 e. The summed E-state index contributed by atoms with van der Waals surface area (Å²) >= 11 is 0. The number of nitrogens with zero attached hydrogens (tertiary/aromatic N) is 1. The van der Waals surface area contributed by atoms with E-state index in [1.54, 1.807) is 0 Å². The Labute approximate surface area is 254 Å². The van der Waals surface area contributed by atoms with Crippen LogP contribution in [0.4, 0.5) is 0 Å². The number of pyridine rings is 1. The van der Waals surface area contributed by atoms with Crippen molar-refractivity contribution in [3.8, 4) is 11.3 Å². The molecule has 4 unspecified atom stereocenters. The molecular weight excluding hydrogens is 671 g/mol. The molecule has 7 rings (SSSR count). The number of benzene rings is 2. The van der Waals surface area contributed by atoms with Gasteiger partial charge in [0.2, 0.25) is 0 Å². The second kappa shape index (κ2) is 14.1. The minimum absolute atomic E-state index is 0. The maximum absolute atomic E-state index is 11.1. The predicted octanol–water partition coefficient (Wildman–Crippen LogP) is 8.23. The van der Waals surface area contributed by atoms with Gasteiger partial charge in [0.15, 0.2) is 0 Å². The summed E-state index contributed by atoms with van der Waals surface area (Å²) in [4.78, 5) is 4.45. The fraction of sp³-hybridized carbons (Fsp3) is 0.583. The van der Waals surface area contributed by atoms with Gasteiger partial charge in [-0.25, -0.2) is 0 Å². The Bertz CT molecular complexity index is 1170. The van der Waals surface area contributed by atoms with E-state index in [1.807, 2.05) is 48.7 Å². The van der Waals surface area contributed by atoms with Gasteiger partial charge in [0, 0.05) is 32.2 Å². The molecule has 4 heteroatoms. The van der Waals surface area contributed by atoms with Gasteiger partial charge in [0.25, 0.3) is 0 Å². The predicted molar refractivity (Wildman–Crippen MR) is 159 cm³/mol. The van der Waals surface area contributed by atoms with Gasteiger partial charge in [-0.15, -0.1) is 35.9 Å². The smallest absolute Gasteiger partial charge is 0.0626 e. The van der Waals surface area contributed by atoms with Crippen molar-refractivity contribution in [1.29, 1.82) is 0 Å². The summed E-state index contributed by atoms with van der Waals surface area (Å²) in [7, 11) is 0. The van der Waals surface area contributed by atoms with Crippen molar-refractivity contribution in [1.82, 2.24) is 4.98 Å². The third-order valence-corrected chi connectivity index (χ3v) is 10.8. The van der Waals surface area contributed by atoms with Crippen LogP contribution in [0.5, 0.6) is 0 Å². The number of aliphatic hydroxyl groups is 2. The normalized spacial score (nSPS) is 31.1. The molecule has 3 aromatic rings. The summed E-state index contributed by atoms with van der Waals surface area (Å²) in [5, 5.41) is 24.6. The van der Waals surface area contributed by atoms with E-state index in [1.165, 1.54) is 94.2 Å². The third kappa shape index (κ3) is 6.41. The SMILES string of the molecule is OC1C2C(CC[C@@H]1C1CCCCC1)C[C@@H](C1CCCCC1)C2O.[Ir].[c-]1ccccc1-c1nccc2ccccc12. The summed E-state index contributed by atoms with van der Waals surface area (Å²) in [5.74, 6) is 3.25. The van der Waals surface area contributed by atoms with Crippen LogP contribution in [0.15, 0.2) is 60.8 Å². The summed E-state index contributed by atoms with van der Waals surface area (Å²) in [6, 6.07) is 21.4. The van der Waals surface area contributed by atoms with Crippen molar-refractivity contribution in [2.45, 2.75) is 95.7 Å². The molecule has 1 heterocycles. The first-order chi connectivity index (χ1) is 19.2. The molecule has 217 valence electrons. The zero-order chi connectivity index (χ0) is 26.6. The van der Waals surface area contributed by atoms with E-state index < -0.39 is 0 Å². The number of aromatic nitrogens is 1. The Morgan fingerprint density at radius 2 is 1.30 bits per heavy atom. The molecule has 40 heavy (non-hydrogen) atoms. The summed E-state index contributed by atoms with van der Waals surface area (Å²) < 4.78 is 0. The second-order valence-corrected chi connectivity index (χ2v) is 12.9. The Hall–Kier alpha value is -1.58. The van der Waals surface area contributed by atoms with Gasteiger partial charge in [-0.3, -0.25) is 0 Å². The molecular formula is C36H46IrNO2-. The van der Waals surface area contributed by atoms with E-state index in [-0.39, 0.29) is 38.2 Å². The second-order valence-electron chi connectivity index (χ2n) is 12.9. The Morgan fingerprint density at radius 3 is 2.00 bits per heavy atom. The van der Waals surface area contributed by atoms with Crippen molar-refractivity contribution >= 4 is 10.8 Å². The fourth-order valence-electron chi connectivity index (χ4n) is 8.85. The molecule has 0 saturated heterocycles.